The normalized spacial score (nSPS) is 0. The first kappa shape index (κ1) is 31.3. The SMILES string of the molecule is [AlH3].[Ti].[V].[W]. The van der Waals surface area contributed by atoms with Gasteiger partial charge >= 0.3 is 0 Å². The van der Waals surface area contributed by atoms with Crippen molar-refractivity contribution in [2.45, 2.75) is 0 Å². The number of hydrogen-bond donors (Lipinski definition) is 0. The molecule has 4 heavy (non-hydrogen) atoms. The average molecular weight is 313 g/mol. The Kier molecular flexibility index (Phi) is 139. The maximum absolute atomic E-state index is 0. The Labute approximate surface area is 77.6 Å². The molecule has 0 spiro atoms. The van der Waals surface area contributed by atoms with Crippen LogP contribution < -0.4 is 0 Å². The minimum Gasteiger partial charge on any atom is 0 e. The van der Waals surface area contributed by atoms with Crippen molar-refractivity contribution in [3.63, 3.8) is 0 Å². The summed E-state index contributed by atoms with van der Waals surface area (Å²) in [5.41, 5.74) is 0. The average Bonchev–Trinajstić information content (AvgIpc) is 0. The van der Waals surface area contributed by atoms with Crippen LogP contribution in [0.2, 0.25) is 0 Å². The van der Waals surface area contributed by atoms with Gasteiger partial charge in [-0.25, -0.2) is 0 Å². The predicted molar refractivity (Wildman–Crippen MR) is 9.94 cm³/mol. The third-order valence-corrected chi connectivity index (χ3v) is 0. The van der Waals surface area contributed by atoms with Crippen molar-refractivity contribution < 1.29 is 61.3 Å². The Balaban J connectivity index is 0. The van der Waals surface area contributed by atoms with Crippen molar-refractivity contribution >= 4 is 17.4 Å². The Morgan fingerprint density at radius 2 is 1.00 bits per heavy atom. The van der Waals surface area contributed by atoms with Gasteiger partial charge in [-0.3, -0.25) is 0 Å². The molecule has 0 heterocycles. The third kappa shape index (κ3) is 8.82. The van der Waals surface area contributed by atoms with E-state index < -0.39 is 0 Å². The first-order valence-electron chi connectivity index (χ1n) is 0. The first-order chi connectivity index (χ1) is 0. The summed E-state index contributed by atoms with van der Waals surface area (Å²) in [5, 5.41) is 0. The standard InChI is InChI=1S/Al.Ti.V.W.3H. The van der Waals surface area contributed by atoms with Gasteiger partial charge in [0.15, 0.2) is 17.4 Å². The molecular weight excluding hydrogens is 310 g/mol. The van der Waals surface area contributed by atoms with Crippen molar-refractivity contribution in [1.82, 2.24) is 0 Å². The summed E-state index contributed by atoms with van der Waals surface area (Å²) in [6.07, 6.45) is 0. The fraction of sp³-hybridized carbons (Fsp3) is 0. The van der Waals surface area contributed by atoms with E-state index >= 15 is 0 Å². The predicted octanol–water partition coefficient (Wildman–Crippen LogP) is -1.19. The summed E-state index contributed by atoms with van der Waals surface area (Å²) < 4.78 is 0. The van der Waals surface area contributed by atoms with Gasteiger partial charge in [0.2, 0.25) is 0 Å². The minimum atomic E-state index is 0. The molecular formula is H3AlTiVW. The molecule has 0 aliphatic rings. The minimum absolute atomic E-state index is 0. The van der Waals surface area contributed by atoms with Crippen molar-refractivity contribution in [1.29, 1.82) is 0 Å². The molecule has 4 heteroatoms. The van der Waals surface area contributed by atoms with Gasteiger partial charge in [0.1, 0.15) is 0 Å². The van der Waals surface area contributed by atoms with Crippen molar-refractivity contribution in [2.75, 3.05) is 0 Å². The summed E-state index contributed by atoms with van der Waals surface area (Å²) in [5.74, 6) is 0. The third-order valence-electron chi connectivity index (χ3n) is 0. The van der Waals surface area contributed by atoms with Gasteiger partial charge in [-0.15, -0.1) is 0 Å². The van der Waals surface area contributed by atoms with Crippen LogP contribution in [-0.2, 0) is 61.3 Å². The molecule has 0 aromatic rings. The molecule has 0 aromatic carbocycles. The maximum Gasteiger partial charge on any atom is 0.187 e. The van der Waals surface area contributed by atoms with E-state index in [0.717, 1.165) is 0 Å². The van der Waals surface area contributed by atoms with Gasteiger partial charge in [0, 0.05) is 61.3 Å². The zero-order chi connectivity index (χ0) is 0. The van der Waals surface area contributed by atoms with E-state index in [1.807, 2.05) is 0 Å². The molecule has 0 aliphatic carbocycles. The molecule has 0 saturated carbocycles. The Hall–Kier alpha value is 2.52. The fourth-order valence-electron chi connectivity index (χ4n) is 0. The molecule has 0 aliphatic heterocycles. The molecule has 0 bridgehead atoms. The van der Waals surface area contributed by atoms with Crippen LogP contribution >= 0.6 is 0 Å². The Morgan fingerprint density at radius 3 is 1.00 bits per heavy atom. The van der Waals surface area contributed by atoms with Crippen molar-refractivity contribution in [3.8, 4) is 0 Å². The van der Waals surface area contributed by atoms with Gasteiger partial charge in [0.25, 0.3) is 0 Å². The van der Waals surface area contributed by atoms with Crippen LogP contribution in [0.15, 0.2) is 0 Å². The van der Waals surface area contributed by atoms with Crippen LogP contribution in [-0.4, -0.2) is 17.4 Å². The molecule has 0 N–H and O–H groups in total. The van der Waals surface area contributed by atoms with Crippen LogP contribution in [0.25, 0.3) is 0 Å². The van der Waals surface area contributed by atoms with Gasteiger partial charge < -0.3 is 0 Å². The van der Waals surface area contributed by atoms with E-state index in [-0.39, 0.29) is 78.7 Å². The molecule has 21 valence electrons. The van der Waals surface area contributed by atoms with E-state index in [1.54, 1.807) is 0 Å². The fourth-order valence-corrected chi connectivity index (χ4v) is 0. The molecule has 0 fully saturated rings. The van der Waals surface area contributed by atoms with E-state index in [0.29, 0.717) is 0 Å². The first-order valence-corrected chi connectivity index (χ1v) is 0. The van der Waals surface area contributed by atoms with Gasteiger partial charge in [-0.2, -0.15) is 0 Å². The Morgan fingerprint density at radius 1 is 1.00 bits per heavy atom. The summed E-state index contributed by atoms with van der Waals surface area (Å²) in [7, 11) is 0. The van der Waals surface area contributed by atoms with Gasteiger partial charge in [0.05, 0.1) is 0 Å². The Bertz CT molecular complexity index is 8.00. The molecule has 1 radical (unpaired) electrons. The quantitative estimate of drug-likeness (QED) is 0.494. The largest absolute Gasteiger partial charge is 0.187 e. The van der Waals surface area contributed by atoms with E-state index in [1.165, 1.54) is 0 Å². The zero-order valence-electron chi connectivity index (χ0n) is 1.36. The second kappa shape index (κ2) is 17.8. The van der Waals surface area contributed by atoms with E-state index in [2.05, 4.69) is 0 Å². The maximum atomic E-state index is 0. The summed E-state index contributed by atoms with van der Waals surface area (Å²) in [6, 6.07) is 0. The molecule has 0 aromatic heterocycles. The van der Waals surface area contributed by atoms with Gasteiger partial charge in [-0.05, 0) is 0 Å². The monoisotopic (exact) mass is 313 g/mol. The second-order valence-electron chi connectivity index (χ2n) is 0. The summed E-state index contributed by atoms with van der Waals surface area (Å²) in [4.78, 5) is 0. The van der Waals surface area contributed by atoms with Crippen molar-refractivity contribution in [3.05, 3.63) is 0 Å². The van der Waals surface area contributed by atoms with Crippen molar-refractivity contribution in [2.24, 2.45) is 0 Å². The van der Waals surface area contributed by atoms with Crippen LogP contribution in [0.4, 0.5) is 0 Å². The van der Waals surface area contributed by atoms with Crippen LogP contribution in [0.1, 0.15) is 0 Å². The second-order valence-corrected chi connectivity index (χ2v) is 0. The van der Waals surface area contributed by atoms with E-state index in [9.17, 15) is 0 Å². The molecule has 0 saturated heterocycles. The topological polar surface area (TPSA) is 0 Å². The van der Waals surface area contributed by atoms with Crippen LogP contribution in [0.5, 0.6) is 0 Å². The molecule has 0 amide bonds. The summed E-state index contributed by atoms with van der Waals surface area (Å²) >= 11 is 0. The van der Waals surface area contributed by atoms with E-state index in [4.69, 9.17) is 0 Å². The number of rotatable bonds is 0. The number of hydrogen-bond acceptors (Lipinski definition) is 0. The summed E-state index contributed by atoms with van der Waals surface area (Å²) in [6.45, 7) is 0. The molecule has 0 nitrogen and oxygen atoms in total. The van der Waals surface area contributed by atoms with Gasteiger partial charge in [-0.1, -0.05) is 0 Å². The van der Waals surface area contributed by atoms with Crippen LogP contribution in [0, 0.1) is 0 Å². The molecule has 0 rings (SSSR count). The smallest absolute Gasteiger partial charge is 0 e. The zero-order valence-corrected chi connectivity index (χ0v) is 7.25. The van der Waals surface area contributed by atoms with Crippen LogP contribution in [0.3, 0.4) is 0 Å². The molecule has 0 atom stereocenters. The molecule has 0 unspecified atom stereocenters.